The Balaban J connectivity index is 1.59. The van der Waals surface area contributed by atoms with Gasteiger partial charge in [0.25, 0.3) is 0 Å². The first kappa shape index (κ1) is 27.4. The summed E-state index contributed by atoms with van der Waals surface area (Å²) in [6.07, 6.45) is 6.34. The third kappa shape index (κ3) is 6.04. The molecule has 1 unspecified atom stereocenters. The SMILES string of the molecule is CC(C)c1cnn2c(N(Cc3ccn(C4CC4)n3)C(=O)OC(C)(C)C)cc(N3CCN(C)C(CCO)C3)nc12. The van der Waals surface area contributed by atoms with Gasteiger partial charge in [-0.2, -0.15) is 14.7 Å². The van der Waals surface area contributed by atoms with Crippen molar-refractivity contribution in [3.63, 3.8) is 0 Å². The molecule has 0 radical (unpaired) electrons. The van der Waals surface area contributed by atoms with Crippen molar-refractivity contribution in [3.05, 3.63) is 35.8 Å². The number of carbonyl (C=O) groups excluding carboxylic acids is 1. The van der Waals surface area contributed by atoms with Gasteiger partial charge in [-0.1, -0.05) is 13.8 Å². The molecule has 0 spiro atoms. The number of aliphatic hydroxyl groups is 1. The predicted molar refractivity (Wildman–Crippen MR) is 150 cm³/mol. The molecule has 5 rings (SSSR count). The van der Waals surface area contributed by atoms with Crippen LogP contribution in [0.25, 0.3) is 5.65 Å². The number of likely N-dealkylation sites (N-methyl/N-ethyl adjacent to an activating group) is 1. The van der Waals surface area contributed by atoms with Crippen molar-refractivity contribution in [1.29, 1.82) is 0 Å². The Kier molecular flexibility index (Phi) is 7.56. The Morgan fingerprint density at radius 1 is 1.26 bits per heavy atom. The van der Waals surface area contributed by atoms with Crippen LogP contribution < -0.4 is 9.80 Å². The van der Waals surface area contributed by atoms with E-state index in [1.165, 1.54) is 0 Å². The fraction of sp³-hybridized carbons (Fsp3) is 0.643. The number of anilines is 2. The molecule has 39 heavy (non-hydrogen) atoms. The maximum atomic E-state index is 13.7. The molecule has 0 bridgehead atoms. The van der Waals surface area contributed by atoms with Gasteiger partial charge in [0.15, 0.2) is 5.65 Å². The molecule has 1 aliphatic heterocycles. The molecule has 0 aromatic carbocycles. The van der Waals surface area contributed by atoms with Gasteiger partial charge in [0.1, 0.15) is 17.2 Å². The van der Waals surface area contributed by atoms with Gasteiger partial charge in [-0.25, -0.2) is 9.78 Å². The van der Waals surface area contributed by atoms with Crippen LogP contribution in [-0.2, 0) is 11.3 Å². The van der Waals surface area contributed by atoms with Gasteiger partial charge in [0.2, 0.25) is 0 Å². The topological polar surface area (TPSA) is 104 Å². The second kappa shape index (κ2) is 10.8. The average Bonchev–Trinajstić information content (AvgIpc) is 3.45. The molecule has 2 aliphatic rings. The predicted octanol–water partition coefficient (Wildman–Crippen LogP) is 3.83. The van der Waals surface area contributed by atoms with E-state index in [-0.39, 0.29) is 25.1 Å². The number of hydrogen-bond acceptors (Lipinski definition) is 8. The lowest BCUT2D eigenvalue weighted by Crippen LogP contribution is -2.52. The number of carbonyl (C=O) groups is 1. The summed E-state index contributed by atoms with van der Waals surface area (Å²) in [5.41, 5.74) is 1.87. The molecule has 11 heteroatoms. The lowest BCUT2D eigenvalue weighted by atomic mass is 10.1. The first-order valence-electron chi connectivity index (χ1n) is 14.0. The molecule has 11 nitrogen and oxygen atoms in total. The highest BCUT2D eigenvalue weighted by Gasteiger charge is 2.31. The summed E-state index contributed by atoms with van der Waals surface area (Å²) in [7, 11) is 2.10. The Labute approximate surface area is 230 Å². The van der Waals surface area contributed by atoms with Gasteiger partial charge >= 0.3 is 6.09 Å². The summed E-state index contributed by atoms with van der Waals surface area (Å²) in [5.74, 6) is 1.58. The third-order valence-corrected chi connectivity index (χ3v) is 7.45. The number of aromatic nitrogens is 5. The molecule has 2 fully saturated rings. The minimum absolute atomic E-state index is 0.139. The Hall–Kier alpha value is -3.18. The van der Waals surface area contributed by atoms with Crippen LogP contribution in [-0.4, -0.2) is 85.4 Å². The highest BCUT2D eigenvalue weighted by Crippen LogP contribution is 2.34. The summed E-state index contributed by atoms with van der Waals surface area (Å²) in [6, 6.07) is 4.58. The summed E-state index contributed by atoms with van der Waals surface area (Å²) in [6.45, 7) is 12.6. The number of ether oxygens (including phenoxy) is 1. The lowest BCUT2D eigenvalue weighted by molar-refractivity contribution is 0.0575. The number of amides is 1. The molecule has 3 aromatic rings. The molecule has 1 amide bonds. The largest absolute Gasteiger partial charge is 0.443 e. The minimum Gasteiger partial charge on any atom is -0.443 e. The number of aliphatic hydroxyl groups excluding tert-OH is 1. The normalized spacial score (nSPS) is 18.8. The number of piperazine rings is 1. The smallest absolute Gasteiger partial charge is 0.416 e. The Bertz CT molecular complexity index is 1310. The maximum absolute atomic E-state index is 13.7. The van der Waals surface area contributed by atoms with Gasteiger partial charge in [0.05, 0.1) is 24.5 Å². The monoisotopic (exact) mass is 538 g/mol. The lowest BCUT2D eigenvalue weighted by Gasteiger charge is -2.40. The standard InChI is InChI=1S/C28H42N8O3/c1-19(2)23-16-29-36-25(15-24(30-26(23)36)33-13-12-32(6)22(18-33)10-14-37)34(27(38)39-28(3,4)5)17-20-9-11-35(31-20)21-7-8-21/h9,11,15-16,19,21-22,37H,7-8,10,12-14,17-18H2,1-6H3. The van der Waals surface area contributed by atoms with Gasteiger partial charge in [-0.05, 0) is 59.1 Å². The summed E-state index contributed by atoms with van der Waals surface area (Å²) in [5, 5.41) is 19.1. The van der Waals surface area contributed by atoms with E-state index in [1.807, 2.05) is 50.0 Å². The van der Waals surface area contributed by atoms with Gasteiger partial charge < -0.3 is 14.7 Å². The quantitative estimate of drug-likeness (QED) is 0.462. The van der Waals surface area contributed by atoms with Crippen molar-refractivity contribution in [3.8, 4) is 0 Å². The first-order valence-corrected chi connectivity index (χ1v) is 14.0. The highest BCUT2D eigenvalue weighted by molar-refractivity contribution is 5.88. The van der Waals surface area contributed by atoms with Crippen LogP contribution in [0.3, 0.4) is 0 Å². The van der Waals surface area contributed by atoms with E-state index < -0.39 is 11.7 Å². The van der Waals surface area contributed by atoms with Crippen LogP contribution in [0.4, 0.5) is 16.4 Å². The van der Waals surface area contributed by atoms with Crippen LogP contribution in [0, 0.1) is 0 Å². The van der Waals surface area contributed by atoms with Gasteiger partial charge in [0, 0.05) is 50.1 Å². The van der Waals surface area contributed by atoms with Crippen molar-refractivity contribution in [2.75, 3.05) is 43.1 Å². The molecule has 1 N–H and O–H groups in total. The fourth-order valence-electron chi connectivity index (χ4n) is 5.05. The van der Waals surface area contributed by atoms with Crippen LogP contribution in [0.15, 0.2) is 24.5 Å². The van der Waals surface area contributed by atoms with E-state index in [0.29, 0.717) is 18.3 Å². The fourth-order valence-corrected chi connectivity index (χ4v) is 5.05. The highest BCUT2D eigenvalue weighted by atomic mass is 16.6. The van der Waals surface area contributed by atoms with Crippen LogP contribution in [0.1, 0.15) is 77.1 Å². The molecule has 212 valence electrons. The van der Waals surface area contributed by atoms with Crippen molar-refractivity contribution in [2.45, 2.75) is 84.0 Å². The van der Waals surface area contributed by atoms with Crippen molar-refractivity contribution in [1.82, 2.24) is 29.3 Å². The zero-order valence-corrected chi connectivity index (χ0v) is 24.0. The number of hydrogen-bond donors (Lipinski definition) is 1. The van der Waals surface area contributed by atoms with E-state index in [0.717, 1.165) is 55.2 Å². The second-order valence-electron chi connectivity index (χ2n) is 12.1. The zero-order valence-electron chi connectivity index (χ0n) is 24.0. The van der Waals surface area contributed by atoms with E-state index in [1.54, 1.807) is 9.42 Å². The zero-order chi connectivity index (χ0) is 27.9. The number of fused-ring (bicyclic) bond motifs is 1. The second-order valence-corrected chi connectivity index (χ2v) is 12.1. The van der Waals surface area contributed by atoms with Gasteiger partial charge in [-0.15, -0.1) is 0 Å². The van der Waals surface area contributed by atoms with Crippen molar-refractivity contribution in [2.24, 2.45) is 0 Å². The summed E-state index contributed by atoms with van der Waals surface area (Å²) in [4.78, 5) is 25.0. The molecule has 4 heterocycles. The van der Waals surface area contributed by atoms with Crippen LogP contribution in [0.5, 0.6) is 0 Å². The van der Waals surface area contributed by atoms with E-state index >= 15 is 0 Å². The van der Waals surface area contributed by atoms with Crippen molar-refractivity contribution >= 4 is 23.4 Å². The maximum Gasteiger partial charge on any atom is 0.416 e. The molecular formula is C28H42N8O3. The summed E-state index contributed by atoms with van der Waals surface area (Å²) >= 11 is 0. The number of rotatable bonds is 8. The van der Waals surface area contributed by atoms with Crippen LogP contribution in [0.2, 0.25) is 0 Å². The Morgan fingerprint density at radius 2 is 2.03 bits per heavy atom. The van der Waals surface area contributed by atoms with Crippen LogP contribution >= 0.6 is 0 Å². The first-order chi connectivity index (χ1) is 18.5. The van der Waals surface area contributed by atoms with E-state index in [4.69, 9.17) is 14.8 Å². The summed E-state index contributed by atoms with van der Waals surface area (Å²) < 4.78 is 9.63. The van der Waals surface area contributed by atoms with E-state index in [9.17, 15) is 9.90 Å². The van der Waals surface area contributed by atoms with E-state index in [2.05, 4.69) is 35.8 Å². The molecule has 1 atom stereocenters. The molecule has 1 saturated carbocycles. The third-order valence-electron chi connectivity index (χ3n) is 7.45. The molecule has 1 saturated heterocycles. The van der Waals surface area contributed by atoms with Gasteiger partial charge in [-0.3, -0.25) is 14.5 Å². The number of nitrogens with zero attached hydrogens (tertiary/aromatic N) is 8. The molecule has 1 aliphatic carbocycles. The Morgan fingerprint density at radius 3 is 2.69 bits per heavy atom. The minimum atomic E-state index is -0.667. The molecule has 3 aromatic heterocycles. The van der Waals surface area contributed by atoms with Crippen molar-refractivity contribution < 1.29 is 14.6 Å². The molecular weight excluding hydrogens is 496 g/mol. The average molecular weight is 539 g/mol.